The van der Waals surface area contributed by atoms with Crippen molar-refractivity contribution in [2.45, 2.75) is 144 Å². The standard InChI is InChI=1S/2C12H27O4P.Mo/c2*1-4-7-9-11(6-3)12(10-8-5-2)16-17(13,14)15;/h2*11-12H,4-10H2,1-3H3,(H2,13,14,15);/q;;+4/p-4. The molecule has 4 atom stereocenters. The molecule has 0 rings (SSSR count). The van der Waals surface area contributed by atoms with Crippen LogP contribution in [0, 0.1) is 11.8 Å². The predicted molar refractivity (Wildman–Crippen MR) is 131 cm³/mol. The summed E-state index contributed by atoms with van der Waals surface area (Å²) < 4.78 is 31.0. The number of hydrogen-bond donors (Lipinski definition) is 0. The Kier molecular flexibility index (Phi) is 27.7. The zero-order valence-electron chi connectivity index (χ0n) is 22.8. The van der Waals surface area contributed by atoms with Crippen LogP contribution in [0.25, 0.3) is 0 Å². The molecule has 0 radical (unpaired) electrons. The van der Waals surface area contributed by atoms with E-state index in [0.717, 1.165) is 77.0 Å². The van der Waals surface area contributed by atoms with Crippen molar-refractivity contribution in [1.29, 1.82) is 0 Å². The summed E-state index contributed by atoms with van der Waals surface area (Å²) in [6.45, 7) is 12.3. The SMILES string of the molecule is CCCCC(CC)C(CCCC)OP(=O)([O-])[O-].CCCCC(CC)C(CCCC)OP(=O)([O-])[O-].[Mo+4]. The minimum atomic E-state index is -4.86. The minimum Gasteiger partial charge on any atom is -0.790 e. The third-order valence-corrected chi connectivity index (χ3v) is 7.23. The normalized spacial score (nSPS) is 15.4. The van der Waals surface area contributed by atoms with E-state index < -0.39 is 27.9 Å². The van der Waals surface area contributed by atoms with E-state index >= 15 is 0 Å². The van der Waals surface area contributed by atoms with Gasteiger partial charge in [0.1, 0.15) is 0 Å². The van der Waals surface area contributed by atoms with Gasteiger partial charge in [-0.25, -0.2) is 0 Å². The van der Waals surface area contributed by atoms with Crippen LogP contribution in [0.4, 0.5) is 0 Å². The maximum absolute atomic E-state index is 10.7. The summed E-state index contributed by atoms with van der Waals surface area (Å²) >= 11 is 0. The van der Waals surface area contributed by atoms with Gasteiger partial charge in [-0.15, -0.1) is 0 Å². The van der Waals surface area contributed by atoms with Crippen molar-refractivity contribution in [2.24, 2.45) is 11.8 Å². The molecule has 0 heterocycles. The van der Waals surface area contributed by atoms with E-state index in [1.165, 1.54) is 0 Å². The van der Waals surface area contributed by atoms with Crippen LogP contribution in [0.2, 0.25) is 0 Å². The molecule has 0 fully saturated rings. The van der Waals surface area contributed by atoms with Gasteiger partial charge in [0.2, 0.25) is 0 Å². The van der Waals surface area contributed by atoms with Crippen LogP contribution in [-0.2, 0) is 39.2 Å². The van der Waals surface area contributed by atoms with Crippen molar-refractivity contribution in [3.05, 3.63) is 0 Å². The van der Waals surface area contributed by atoms with Gasteiger partial charge in [-0.2, -0.15) is 0 Å². The van der Waals surface area contributed by atoms with Gasteiger partial charge in [-0.05, 0) is 37.5 Å². The first kappa shape index (κ1) is 40.4. The van der Waals surface area contributed by atoms with Crippen molar-refractivity contribution in [3.8, 4) is 0 Å². The second-order valence-corrected chi connectivity index (χ2v) is 11.3. The van der Waals surface area contributed by atoms with Crippen molar-refractivity contribution >= 4 is 15.6 Å². The molecule has 4 unspecified atom stereocenters. The number of hydrogen-bond acceptors (Lipinski definition) is 8. The molecule has 0 aliphatic carbocycles. The number of rotatable bonds is 20. The van der Waals surface area contributed by atoms with Crippen LogP contribution >= 0.6 is 15.6 Å². The van der Waals surface area contributed by atoms with E-state index in [4.69, 9.17) is 9.05 Å². The fourth-order valence-corrected chi connectivity index (χ4v) is 5.35. The molecule has 0 aromatic carbocycles. The topological polar surface area (TPSA) is 145 Å². The Balaban J connectivity index is -0.000000569. The van der Waals surface area contributed by atoms with Gasteiger partial charge in [0.15, 0.2) is 0 Å². The summed E-state index contributed by atoms with van der Waals surface area (Å²) in [5.41, 5.74) is 0. The van der Waals surface area contributed by atoms with Crippen LogP contribution < -0.4 is 19.6 Å². The second-order valence-electron chi connectivity index (χ2n) is 9.09. The first-order valence-corrected chi connectivity index (χ1v) is 16.2. The molecule has 0 aliphatic heterocycles. The van der Waals surface area contributed by atoms with Gasteiger partial charge in [0, 0.05) is 0 Å². The fourth-order valence-electron chi connectivity index (χ4n) is 4.13. The summed E-state index contributed by atoms with van der Waals surface area (Å²) in [5.74, 6) is 0.357. The van der Waals surface area contributed by atoms with Crippen LogP contribution in [0.1, 0.15) is 131 Å². The Morgan fingerprint density at radius 1 is 0.543 bits per heavy atom. The van der Waals surface area contributed by atoms with Crippen molar-refractivity contribution < 1.29 is 58.8 Å². The molecular weight excluding hydrogens is 574 g/mol. The quantitative estimate of drug-likeness (QED) is 0.133. The van der Waals surface area contributed by atoms with Gasteiger partial charge in [0.05, 0.1) is 27.9 Å². The number of unbranched alkanes of at least 4 members (excludes halogenated alkanes) is 4. The average Bonchev–Trinajstić information content (AvgIpc) is 2.75. The smallest absolute Gasteiger partial charge is 0.790 e. The summed E-state index contributed by atoms with van der Waals surface area (Å²) in [6, 6.07) is 0. The summed E-state index contributed by atoms with van der Waals surface area (Å²) in [7, 11) is -9.72. The summed E-state index contributed by atoms with van der Waals surface area (Å²) in [5, 5.41) is 0. The van der Waals surface area contributed by atoms with Crippen LogP contribution in [0.5, 0.6) is 0 Å². The van der Waals surface area contributed by atoms with Gasteiger partial charge >= 0.3 is 21.1 Å². The largest absolute Gasteiger partial charge is 4.00 e. The van der Waals surface area contributed by atoms with E-state index in [1.54, 1.807) is 0 Å². The number of phosphoric ester groups is 2. The Bertz CT molecular complexity index is 508. The van der Waals surface area contributed by atoms with Crippen molar-refractivity contribution in [3.63, 3.8) is 0 Å². The van der Waals surface area contributed by atoms with Gasteiger partial charge in [-0.1, -0.05) is 106 Å². The third kappa shape index (κ3) is 25.0. The summed E-state index contributed by atoms with van der Waals surface area (Å²) in [6.07, 6.45) is 12.0. The molecule has 11 heteroatoms. The minimum absolute atomic E-state index is 0. The van der Waals surface area contributed by atoms with Gasteiger partial charge in [-0.3, -0.25) is 0 Å². The average molecular weight is 625 g/mol. The first-order chi connectivity index (χ1) is 15.9. The van der Waals surface area contributed by atoms with Crippen LogP contribution in [-0.4, -0.2) is 12.2 Å². The maximum Gasteiger partial charge on any atom is 4.00 e. The van der Waals surface area contributed by atoms with Crippen molar-refractivity contribution in [2.75, 3.05) is 0 Å². The van der Waals surface area contributed by atoms with E-state index in [0.29, 0.717) is 12.8 Å². The maximum atomic E-state index is 10.7. The molecule has 210 valence electrons. The van der Waals surface area contributed by atoms with E-state index in [2.05, 4.69) is 13.8 Å². The molecule has 35 heavy (non-hydrogen) atoms. The zero-order chi connectivity index (χ0) is 26.6. The van der Waals surface area contributed by atoms with E-state index in [9.17, 15) is 28.7 Å². The van der Waals surface area contributed by atoms with Gasteiger partial charge < -0.3 is 37.8 Å². The molecule has 0 N–H and O–H groups in total. The molecule has 0 amide bonds. The molecule has 0 saturated carbocycles. The summed E-state index contributed by atoms with van der Waals surface area (Å²) in [4.78, 5) is 43.0. The second kappa shape index (κ2) is 24.0. The Labute approximate surface area is 229 Å². The predicted octanol–water partition coefficient (Wildman–Crippen LogP) is 5.21. The molecule has 0 aliphatic rings. The molecule has 8 nitrogen and oxygen atoms in total. The third-order valence-electron chi connectivity index (χ3n) is 6.17. The molecule has 0 aromatic heterocycles. The van der Waals surface area contributed by atoms with Crippen molar-refractivity contribution in [1.82, 2.24) is 0 Å². The van der Waals surface area contributed by atoms with Crippen LogP contribution in [0.3, 0.4) is 0 Å². The molecule has 0 saturated heterocycles. The Morgan fingerprint density at radius 3 is 1.00 bits per heavy atom. The Morgan fingerprint density at radius 2 is 0.800 bits per heavy atom. The van der Waals surface area contributed by atoms with Crippen LogP contribution in [0.15, 0.2) is 0 Å². The van der Waals surface area contributed by atoms with Gasteiger partial charge in [0.25, 0.3) is 0 Å². The Hall–Kier alpha value is 0.908. The van der Waals surface area contributed by atoms with E-state index in [1.807, 2.05) is 27.7 Å². The zero-order valence-corrected chi connectivity index (χ0v) is 26.6. The molecule has 0 aromatic rings. The monoisotopic (exact) mass is 626 g/mol. The first-order valence-electron chi connectivity index (χ1n) is 13.3. The molecule has 0 spiro atoms. The van der Waals surface area contributed by atoms with E-state index in [-0.39, 0.29) is 32.9 Å². The fraction of sp³-hybridized carbons (Fsp3) is 1.00. The molecule has 0 bridgehead atoms. The molecular formula is C24H50MoO8P2. The number of phosphoric acid groups is 2.